The summed E-state index contributed by atoms with van der Waals surface area (Å²) < 4.78 is 5.40. The standard InChI is InChI=1S/C14H20N2O/c1-2-14(9-17-10-14)8-16-6-5-11-3-4-12(15)7-13(11)16/h3-4,7H,2,5-6,8-10,15H2,1H3. The van der Waals surface area contributed by atoms with Crippen LogP contribution < -0.4 is 10.6 Å². The summed E-state index contributed by atoms with van der Waals surface area (Å²) in [6.45, 7) is 6.33. The maximum absolute atomic E-state index is 5.88. The Morgan fingerprint density at radius 2 is 2.24 bits per heavy atom. The Labute approximate surface area is 103 Å². The molecule has 0 radical (unpaired) electrons. The molecule has 0 aliphatic carbocycles. The molecule has 3 rings (SSSR count). The Balaban J connectivity index is 1.81. The van der Waals surface area contributed by atoms with Gasteiger partial charge >= 0.3 is 0 Å². The Morgan fingerprint density at radius 3 is 2.88 bits per heavy atom. The van der Waals surface area contributed by atoms with Crippen molar-refractivity contribution in [3.63, 3.8) is 0 Å². The van der Waals surface area contributed by atoms with E-state index in [4.69, 9.17) is 10.5 Å². The van der Waals surface area contributed by atoms with Crippen molar-refractivity contribution in [2.24, 2.45) is 5.41 Å². The van der Waals surface area contributed by atoms with Gasteiger partial charge in [0.2, 0.25) is 0 Å². The van der Waals surface area contributed by atoms with Crippen LogP contribution in [0.4, 0.5) is 11.4 Å². The average molecular weight is 232 g/mol. The minimum absolute atomic E-state index is 0.381. The molecule has 3 nitrogen and oxygen atoms in total. The summed E-state index contributed by atoms with van der Waals surface area (Å²) in [5, 5.41) is 0. The number of nitrogens with zero attached hydrogens (tertiary/aromatic N) is 1. The number of nitrogens with two attached hydrogens (primary N) is 1. The fourth-order valence-corrected chi connectivity index (χ4v) is 2.83. The van der Waals surface area contributed by atoms with Gasteiger partial charge < -0.3 is 15.4 Å². The van der Waals surface area contributed by atoms with E-state index >= 15 is 0 Å². The Morgan fingerprint density at radius 1 is 1.41 bits per heavy atom. The summed E-state index contributed by atoms with van der Waals surface area (Å²) in [4.78, 5) is 2.48. The highest BCUT2D eigenvalue weighted by Crippen LogP contribution is 2.37. The number of rotatable bonds is 3. The normalized spacial score (nSPS) is 21.1. The molecule has 2 aliphatic rings. The molecule has 1 saturated heterocycles. The second kappa shape index (κ2) is 3.91. The molecule has 92 valence electrons. The van der Waals surface area contributed by atoms with E-state index in [0.29, 0.717) is 5.41 Å². The quantitative estimate of drug-likeness (QED) is 0.811. The minimum atomic E-state index is 0.381. The van der Waals surface area contributed by atoms with Crippen molar-refractivity contribution >= 4 is 11.4 Å². The van der Waals surface area contributed by atoms with Crippen molar-refractivity contribution in [1.82, 2.24) is 0 Å². The molecule has 0 saturated carbocycles. The number of anilines is 2. The van der Waals surface area contributed by atoms with E-state index in [1.54, 1.807) is 0 Å². The van der Waals surface area contributed by atoms with Gasteiger partial charge in [-0.3, -0.25) is 0 Å². The molecule has 2 heterocycles. The monoisotopic (exact) mass is 232 g/mol. The summed E-state index contributed by atoms with van der Waals surface area (Å²) >= 11 is 0. The van der Waals surface area contributed by atoms with Gasteiger partial charge in [-0.05, 0) is 30.5 Å². The van der Waals surface area contributed by atoms with Crippen molar-refractivity contribution in [2.45, 2.75) is 19.8 Å². The number of hydrogen-bond acceptors (Lipinski definition) is 3. The van der Waals surface area contributed by atoms with Gasteiger partial charge in [0.15, 0.2) is 0 Å². The molecule has 0 unspecified atom stereocenters. The summed E-state index contributed by atoms with van der Waals surface area (Å²) in [5.41, 5.74) is 9.91. The lowest BCUT2D eigenvalue weighted by Gasteiger charge is -2.44. The molecular weight excluding hydrogens is 212 g/mol. The first-order valence-corrected chi connectivity index (χ1v) is 6.43. The van der Waals surface area contributed by atoms with E-state index in [1.165, 1.54) is 17.7 Å². The SMILES string of the molecule is CCC1(CN2CCc3ccc(N)cc32)COC1. The molecule has 0 spiro atoms. The van der Waals surface area contributed by atoms with Crippen molar-refractivity contribution in [1.29, 1.82) is 0 Å². The maximum Gasteiger partial charge on any atom is 0.0561 e. The molecule has 0 amide bonds. The summed E-state index contributed by atoms with van der Waals surface area (Å²) in [6.07, 6.45) is 2.34. The number of ether oxygens (including phenoxy) is 1. The third-order valence-corrected chi connectivity index (χ3v) is 4.19. The number of hydrogen-bond donors (Lipinski definition) is 1. The van der Waals surface area contributed by atoms with Crippen LogP contribution in [0.5, 0.6) is 0 Å². The van der Waals surface area contributed by atoms with E-state index in [1.807, 2.05) is 6.07 Å². The first-order chi connectivity index (χ1) is 8.22. The average Bonchev–Trinajstić information content (AvgIpc) is 2.66. The van der Waals surface area contributed by atoms with Crippen molar-refractivity contribution in [3.8, 4) is 0 Å². The maximum atomic E-state index is 5.88. The molecule has 1 fully saturated rings. The smallest absolute Gasteiger partial charge is 0.0561 e. The van der Waals surface area contributed by atoms with E-state index in [2.05, 4.69) is 24.0 Å². The molecule has 0 aromatic heterocycles. The molecule has 17 heavy (non-hydrogen) atoms. The Bertz CT molecular complexity index is 421. The van der Waals surface area contributed by atoms with Crippen LogP contribution in [0.2, 0.25) is 0 Å². The minimum Gasteiger partial charge on any atom is -0.399 e. The van der Waals surface area contributed by atoms with Gasteiger partial charge in [-0.25, -0.2) is 0 Å². The van der Waals surface area contributed by atoms with Crippen LogP contribution in [0.25, 0.3) is 0 Å². The number of nitrogen functional groups attached to an aromatic ring is 1. The lowest BCUT2D eigenvalue weighted by Crippen LogP contribution is -2.50. The van der Waals surface area contributed by atoms with Gasteiger partial charge in [0.1, 0.15) is 0 Å². The molecule has 0 bridgehead atoms. The highest BCUT2D eigenvalue weighted by Gasteiger charge is 2.39. The fourth-order valence-electron chi connectivity index (χ4n) is 2.83. The fraction of sp³-hybridized carbons (Fsp3) is 0.571. The van der Waals surface area contributed by atoms with Crippen LogP contribution in [0, 0.1) is 5.41 Å². The predicted molar refractivity (Wildman–Crippen MR) is 70.3 cm³/mol. The van der Waals surface area contributed by atoms with E-state index in [9.17, 15) is 0 Å². The van der Waals surface area contributed by atoms with Gasteiger partial charge in [0, 0.05) is 29.9 Å². The van der Waals surface area contributed by atoms with E-state index in [0.717, 1.165) is 38.4 Å². The topological polar surface area (TPSA) is 38.5 Å². The van der Waals surface area contributed by atoms with Crippen LogP contribution in [0.3, 0.4) is 0 Å². The van der Waals surface area contributed by atoms with Crippen LogP contribution >= 0.6 is 0 Å². The van der Waals surface area contributed by atoms with Crippen LogP contribution in [0.1, 0.15) is 18.9 Å². The van der Waals surface area contributed by atoms with Crippen molar-refractivity contribution in [3.05, 3.63) is 23.8 Å². The molecule has 1 aromatic rings. The summed E-state index contributed by atoms with van der Waals surface area (Å²) in [5.74, 6) is 0. The molecule has 1 aromatic carbocycles. The molecule has 0 atom stereocenters. The molecular formula is C14H20N2O. The zero-order chi connectivity index (χ0) is 11.9. The Kier molecular flexibility index (Phi) is 2.51. The molecule has 2 aliphatic heterocycles. The van der Waals surface area contributed by atoms with Crippen LogP contribution in [-0.2, 0) is 11.2 Å². The summed E-state index contributed by atoms with van der Waals surface area (Å²) in [6, 6.07) is 6.29. The lowest BCUT2D eigenvalue weighted by molar-refractivity contribution is -0.109. The largest absolute Gasteiger partial charge is 0.399 e. The first-order valence-electron chi connectivity index (χ1n) is 6.43. The predicted octanol–water partition coefficient (Wildman–Crippen LogP) is 2.06. The van der Waals surface area contributed by atoms with Gasteiger partial charge in [0.25, 0.3) is 0 Å². The van der Waals surface area contributed by atoms with Crippen molar-refractivity contribution < 1.29 is 4.74 Å². The second-order valence-corrected chi connectivity index (χ2v) is 5.41. The summed E-state index contributed by atoms with van der Waals surface area (Å²) in [7, 11) is 0. The zero-order valence-corrected chi connectivity index (χ0v) is 10.4. The third kappa shape index (κ3) is 1.78. The van der Waals surface area contributed by atoms with E-state index < -0.39 is 0 Å². The lowest BCUT2D eigenvalue weighted by atomic mass is 9.82. The molecule has 3 heteroatoms. The number of fused-ring (bicyclic) bond motifs is 1. The highest BCUT2D eigenvalue weighted by molar-refractivity contribution is 5.64. The highest BCUT2D eigenvalue weighted by atomic mass is 16.5. The third-order valence-electron chi connectivity index (χ3n) is 4.19. The van der Waals surface area contributed by atoms with Gasteiger partial charge in [0.05, 0.1) is 13.2 Å². The molecule has 2 N–H and O–H groups in total. The Hall–Kier alpha value is -1.22. The first kappa shape index (κ1) is 10.9. The van der Waals surface area contributed by atoms with Crippen LogP contribution in [-0.4, -0.2) is 26.3 Å². The zero-order valence-electron chi connectivity index (χ0n) is 10.4. The van der Waals surface area contributed by atoms with Crippen LogP contribution in [0.15, 0.2) is 18.2 Å². The van der Waals surface area contributed by atoms with Gasteiger partial charge in [-0.1, -0.05) is 13.0 Å². The van der Waals surface area contributed by atoms with E-state index in [-0.39, 0.29) is 0 Å². The van der Waals surface area contributed by atoms with Gasteiger partial charge in [-0.2, -0.15) is 0 Å². The number of benzene rings is 1. The second-order valence-electron chi connectivity index (χ2n) is 5.41. The van der Waals surface area contributed by atoms with Crippen molar-refractivity contribution in [2.75, 3.05) is 36.9 Å². The van der Waals surface area contributed by atoms with Gasteiger partial charge in [-0.15, -0.1) is 0 Å².